The summed E-state index contributed by atoms with van der Waals surface area (Å²) in [5, 5.41) is 20.0. The van der Waals surface area contributed by atoms with Crippen molar-refractivity contribution in [1.82, 2.24) is 0 Å². The first kappa shape index (κ1) is 14.9. The summed E-state index contributed by atoms with van der Waals surface area (Å²) in [6.07, 6.45) is 0.566. The third kappa shape index (κ3) is 2.99. The lowest BCUT2D eigenvalue weighted by molar-refractivity contribution is -0.384. The van der Waals surface area contributed by atoms with E-state index in [2.05, 4.69) is 22.0 Å². The van der Waals surface area contributed by atoms with Crippen LogP contribution in [-0.2, 0) is 16.3 Å². The third-order valence-corrected chi connectivity index (χ3v) is 5.96. The molecule has 106 valence electrons. The van der Waals surface area contributed by atoms with Crippen LogP contribution in [0.5, 0.6) is 0 Å². The Labute approximate surface area is 124 Å². The van der Waals surface area contributed by atoms with Gasteiger partial charge in [0, 0.05) is 16.6 Å². The van der Waals surface area contributed by atoms with E-state index in [-0.39, 0.29) is 23.6 Å². The van der Waals surface area contributed by atoms with Crippen molar-refractivity contribution < 1.29 is 13.3 Å². The Morgan fingerprint density at radius 2 is 2.20 bits per heavy atom. The van der Waals surface area contributed by atoms with Crippen LogP contribution in [0.1, 0.15) is 12.0 Å². The highest BCUT2D eigenvalue weighted by Gasteiger charge is 2.43. The maximum absolute atomic E-state index is 11.6. The van der Waals surface area contributed by atoms with Gasteiger partial charge in [-0.2, -0.15) is 5.26 Å². The Morgan fingerprint density at radius 1 is 1.50 bits per heavy atom. The smallest absolute Gasteiger partial charge is 0.258 e. The van der Waals surface area contributed by atoms with Gasteiger partial charge in [0.2, 0.25) is 0 Å². The van der Waals surface area contributed by atoms with Crippen molar-refractivity contribution in [2.45, 2.75) is 12.8 Å². The molecule has 20 heavy (non-hydrogen) atoms. The summed E-state index contributed by atoms with van der Waals surface area (Å²) in [6, 6.07) is 6.39. The molecule has 0 amide bonds. The average molecular weight is 359 g/mol. The van der Waals surface area contributed by atoms with E-state index in [1.165, 1.54) is 12.1 Å². The molecule has 1 aliphatic rings. The molecule has 1 saturated heterocycles. The molecule has 0 aliphatic carbocycles. The van der Waals surface area contributed by atoms with Crippen LogP contribution in [0.4, 0.5) is 5.69 Å². The van der Waals surface area contributed by atoms with Gasteiger partial charge in [0.05, 0.1) is 27.9 Å². The quantitative estimate of drug-likeness (QED) is 0.608. The van der Waals surface area contributed by atoms with Crippen LogP contribution in [0.3, 0.4) is 0 Å². The minimum Gasteiger partial charge on any atom is -0.258 e. The SMILES string of the molecule is N#CC1(Cc2ccc([N+](=O)[O-])cc2Br)CCS(=O)(=O)C1. The number of sulfone groups is 1. The third-order valence-electron chi connectivity index (χ3n) is 3.40. The van der Waals surface area contributed by atoms with Crippen molar-refractivity contribution in [3.05, 3.63) is 38.3 Å². The van der Waals surface area contributed by atoms with Crippen LogP contribution >= 0.6 is 15.9 Å². The maximum atomic E-state index is 11.6. The first-order chi connectivity index (χ1) is 9.27. The van der Waals surface area contributed by atoms with Crippen LogP contribution < -0.4 is 0 Å². The number of nitrogens with zero attached hydrogens (tertiary/aromatic N) is 2. The minimum atomic E-state index is -3.17. The van der Waals surface area contributed by atoms with E-state index in [1.54, 1.807) is 6.07 Å². The van der Waals surface area contributed by atoms with Crippen molar-refractivity contribution in [2.24, 2.45) is 5.41 Å². The molecular formula is C12H11BrN2O4S. The van der Waals surface area contributed by atoms with Gasteiger partial charge < -0.3 is 0 Å². The molecule has 1 heterocycles. The highest BCUT2D eigenvalue weighted by Crippen LogP contribution is 2.37. The fourth-order valence-corrected chi connectivity index (χ4v) is 4.85. The molecule has 0 N–H and O–H groups in total. The first-order valence-corrected chi connectivity index (χ1v) is 8.43. The van der Waals surface area contributed by atoms with Gasteiger partial charge in [-0.1, -0.05) is 22.0 Å². The van der Waals surface area contributed by atoms with Crippen LogP contribution in [0.15, 0.2) is 22.7 Å². The Bertz CT molecular complexity index is 711. The lowest BCUT2D eigenvalue weighted by atomic mass is 9.83. The average Bonchev–Trinajstić information content (AvgIpc) is 2.68. The van der Waals surface area contributed by atoms with Crippen LogP contribution in [0.25, 0.3) is 0 Å². The predicted octanol–water partition coefficient (Wildman–Crippen LogP) is 2.23. The largest absolute Gasteiger partial charge is 0.270 e. The van der Waals surface area contributed by atoms with E-state index in [0.29, 0.717) is 16.5 Å². The number of non-ortho nitro benzene ring substituents is 1. The van der Waals surface area contributed by atoms with Crippen molar-refractivity contribution in [3.63, 3.8) is 0 Å². The van der Waals surface area contributed by atoms with E-state index in [0.717, 1.165) is 0 Å². The van der Waals surface area contributed by atoms with Gasteiger partial charge >= 0.3 is 0 Å². The maximum Gasteiger partial charge on any atom is 0.270 e. The number of rotatable bonds is 3. The highest BCUT2D eigenvalue weighted by molar-refractivity contribution is 9.10. The minimum absolute atomic E-state index is 0.0190. The summed E-state index contributed by atoms with van der Waals surface area (Å²) in [7, 11) is -3.17. The summed E-state index contributed by atoms with van der Waals surface area (Å²) in [5.74, 6) is -0.134. The van der Waals surface area contributed by atoms with E-state index < -0.39 is 20.2 Å². The lowest BCUT2D eigenvalue weighted by Gasteiger charge is -2.19. The predicted molar refractivity (Wildman–Crippen MR) is 75.8 cm³/mol. The van der Waals surface area contributed by atoms with Crippen molar-refractivity contribution >= 4 is 31.5 Å². The molecule has 1 atom stereocenters. The molecule has 1 aromatic carbocycles. The Morgan fingerprint density at radius 3 is 2.65 bits per heavy atom. The topological polar surface area (TPSA) is 101 Å². The number of nitro groups is 1. The Hall–Kier alpha value is -1.46. The molecule has 1 aromatic rings. The standard InChI is InChI=1S/C12H11BrN2O4S/c13-11-5-10(15(16)17)2-1-9(11)6-12(7-14)3-4-20(18,19)8-12/h1-2,5H,3-4,6,8H2. The molecule has 8 heteroatoms. The summed E-state index contributed by atoms with van der Waals surface area (Å²) in [5.41, 5.74) is -0.280. The summed E-state index contributed by atoms with van der Waals surface area (Å²) in [4.78, 5) is 10.2. The zero-order valence-corrected chi connectivity index (χ0v) is 12.8. The fraction of sp³-hybridized carbons (Fsp3) is 0.417. The van der Waals surface area contributed by atoms with E-state index in [1.807, 2.05) is 0 Å². The molecule has 0 saturated carbocycles. The van der Waals surface area contributed by atoms with Gasteiger partial charge in [-0.25, -0.2) is 8.42 Å². The van der Waals surface area contributed by atoms with Gasteiger partial charge in [0.15, 0.2) is 9.84 Å². The van der Waals surface area contributed by atoms with Crippen LogP contribution in [0, 0.1) is 26.9 Å². The molecule has 1 unspecified atom stereocenters. The zero-order valence-electron chi connectivity index (χ0n) is 10.4. The van der Waals surface area contributed by atoms with Gasteiger partial charge in [0.25, 0.3) is 5.69 Å². The van der Waals surface area contributed by atoms with Crippen molar-refractivity contribution in [3.8, 4) is 6.07 Å². The van der Waals surface area contributed by atoms with Crippen molar-refractivity contribution in [2.75, 3.05) is 11.5 Å². The molecule has 1 fully saturated rings. The van der Waals surface area contributed by atoms with Gasteiger partial charge in [0.1, 0.15) is 0 Å². The van der Waals surface area contributed by atoms with Crippen molar-refractivity contribution in [1.29, 1.82) is 5.26 Å². The van der Waals surface area contributed by atoms with Crippen LogP contribution in [-0.4, -0.2) is 24.8 Å². The summed E-state index contributed by atoms with van der Waals surface area (Å²) >= 11 is 3.24. The molecule has 6 nitrogen and oxygen atoms in total. The summed E-state index contributed by atoms with van der Waals surface area (Å²) < 4.78 is 23.7. The second kappa shape index (κ2) is 5.14. The zero-order chi connectivity index (χ0) is 15.0. The summed E-state index contributed by atoms with van der Waals surface area (Å²) in [6.45, 7) is 0. The number of nitro benzene ring substituents is 1. The van der Waals surface area contributed by atoms with E-state index in [4.69, 9.17) is 0 Å². The van der Waals surface area contributed by atoms with Gasteiger partial charge in [-0.05, 0) is 18.4 Å². The molecule has 0 bridgehead atoms. The number of hydrogen-bond acceptors (Lipinski definition) is 5. The monoisotopic (exact) mass is 358 g/mol. The van der Waals surface area contributed by atoms with E-state index in [9.17, 15) is 23.8 Å². The number of benzene rings is 1. The van der Waals surface area contributed by atoms with Gasteiger partial charge in [-0.3, -0.25) is 10.1 Å². The lowest BCUT2D eigenvalue weighted by Crippen LogP contribution is -2.23. The number of hydrogen-bond donors (Lipinski definition) is 0. The van der Waals surface area contributed by atoms with Gasteiger partial charge in [-0.15, -0.1) is 0 Å². The molecule has 1 aliphatic heterocycles. The van der Waals surface area contributed by atoms with Crippen LogP contribution in [0.2, 0.25) is 0 Å². The normalized spacial score (nSPS) is 24.2. The van der Waals surface area contributed by atoms with E-state index >= 15 is 0 Å². The first-order valence-electron chi connectivity index (χ1n) is 5.81. The molecule has 0 spiro atoms. The number of nitriles is 1. The fourth-order valence-electron chi connectivity index (χ4n) is 2.34. The molecule has 2 rings (SSSR count). The molecule has 0 aromatic heterocycles. The highest BCUT2D eigenvalue weighted by atomic mass is 79.9. The second-order valence-corrected chi connectivity index (χ2v) is 7.98. The number of halogens is 1. The Kier molecular flexibility index (Phi) is 3.84. The molecular weight excluding hydrogens is 348 g/mol. The molecule has 0 radical (unpaired) electrons. The Balaban J connectivity index is 2.30. The second-order valence-electron chi connectivity index (χ2n) is 4.94.